The number of carbonyl (C=O) groups excluding carboxylic acids is 2. The molecule has 5 rings (SSSR count). The van der Waals surface area contributed by atoms with Crippen LogP contribution in [0.2, 0.25) is 0 Å². The summed E-state index contributed by atoms with van der Waals surface area (Å²) in [7, 11) is 1.63. The topological polar surface area (TPSA) is 40.6 Å². The molecule has 0 unspecified atom stereocenters. The summed E-state index contributed by atoms with van der Waals surface area (Å²) in [6.45, 7) is 0.887. The SMILES string of the molecule is CN1C(=O)[C@@H]2[C@H](C1=O)[C@H](c1ccccc1)N1CCc3ccccc3[C@@H]21. The summed E-state index contributed by atoms with van der Waals surface area (Å²) in [6.07, 6.45) is 0.966. The van der Waals surface area contributed by atoms with E-state index in [1.54, 1.807) is 7.05 Å². The molecule has 0 aliphatic carbocycles. The van der Waals surface area contributed by atoms with E-state index in [9.17, 15) is 9.59 Å². The second kappa shape index (κ2) is 5.27. The molecule has 4 heteroatoms. The molecule has 25 heavy (non-hydrogen) atoms. The Bertz CT molecular complexity index is 863. The van der Waals surface area contributed by atoms with Gasteiger partial charge in [0.15, 0.2) is 0 Å². The third kappa shape index (κ3) is 1.91. The minimum absolute atomic E-state index is 0.00144. The molecule has 0 aromatic heterocycles. The van der Waals surface area contributed by atoms with E-state index >= 15 is 0 Å². The third-order valence-corrected chi connectivity index (χ3v) is 6.17. The van der Waals surface area contributed by atoms with E-state index in [-0.39, 0.29) is 35.7 Å². The van der Waals surface area contributed by atoms with Gasteiger partial charge in [0.25, 0.3) is 0 Å². The second-order valence-corrected chi connectivity index (χ2v) is 7.27. The van der Waals surface area contributed by atoms with Gasteiger partial charge in [0.2, 0.25) is 11.8 Å². The van der Waals surface area contributed by atoms with Gasteiger partial charge in [-0.1, -0.05) is 54.6 Å². The number of nitrogens with zero attached hydrogens (tertiary/aromatic N) is 2. The van der Waals surface area contributed by atoms with Crippen molar-refractivity contribution in [2.45, 2.75) is 18.5 Å². The fourth-order valence-electron chi connectivity index (χ4n) is 5.11. The van der Waals surface area contributed by atoms with Gasteiger partial charge >= 0.3 is 0 Å². The Balaban J connectivity index is 1.70. The number of carbonyl (C=O) groups is 2. The van der Waals surface area contributed by atoms with Crippen LogP contribution in [0.15, 0.2) is 54.6 Å². The molecule has 0 N–H and O–H groups in total. The largest absolute Gasteiger partial charge is 0.287 e. The van der Waals surface area contributed by atoms with Crippen LogP contribution in [-0.4, -0.2) is 35.2 Å². The molecule has 0 radical (unpaired) electrons. The minimum Gasteiger partial charge on any atom is -0.287 e. The summed E-state index contributed by atoms with van der Waals surface area (Å²) in [5.74, 6) is -0.615. The van der Waals surface area contributed by atoms with Crippen LogP contribution in [0.3, 0.4) is 0 Å². The number of hydrogen-bond acceptors (Lipinski definition) is 3. The molecule has 126 valence electrons. The lowest BCUT2D eigenvalue weighted by atomic mass is 9.83. The van der Waals surface area contributed by atoms with Gasteiger partial charge in [0.1, 0.15) is 0 Å². The Morgan fingerprint density at radius 2 is 1.48 bits per heavy atom. The van der Waals surface area contributed by atoms with Crippen molar-refractivity contribution in [3.05, 3.63) is 71.3 Å². The van der Waals surface area contributed by atoms with E-state index < -0.39 is 0 Å². The van der Waals surface area contributed by atoms with Crippen molar-refractivity contribution >= 4 is 11.8 Å². The summed E-state index contributed by atoms with van der Waals surface area (Å²) < 4.78 is 0. The molecule has 2 aromatic carbocycles. The Labute approximate surface area is 147 Å². The number of hydrogen-bond donors (Lipinski definition) is 0. The van der Waals surface area contributed by atoms with Gasteiger partial charge in [-0.15, -0.1) is 0 Å². The number of benzene rings is 2. The van der Waals surface area contributed by atoms with Crippen molar-refractivity contribution in [2.24, 2.45) is 11.8 Å². The lowest BCUT2D eigenvalue weighted by molar-refractivity contribution is -0.140. The highest BCUT2D eigenvalue weighted by Crippen LogP contribution is 2.57. The van der Waals surface area contributed by atoms with Gasteiger partial charge in [0.05, 0.1) is 11.8 Å². The average molecular weight is 332 g/mol. The zero-order valence-electron chi connectivity index (χ0n) is 14.1. The number of imide groups is 1. The highest BCUT2D eigenvalue weighted by molar-refractivity contribution is 6.06. The van der Waals surface area contributed by atoms with E-state index in [2.05, 4.69) is 35.2 Å². The minimum atomic E-state index is -0.281. The van der Waals surface area contributed by atoms with Crippen LogP contribution >= 0.6 is 0 Å². The first-order valence-corrected chi connectivity index (χ1v) is 8.88. The maximum atomic E-state index is 12.9. The summed E-state index contributed by atoms with van der Waals surface area (Å²) in [6, 6.07) is 18.6. The van der Waals surface area contributed by atoms with E-state index in [0.29, 0.717) is 0 Å². The van der Waals surface area contributed by atoms with Crippen LogP contribution in [0.5, 0.6) is 0 Å². The molecular weight excluding hydrogens is 312 g/mol. The molecular formula is C21H20N2O2. The first-order valence-electron chi connectivity index (χ1n) is 8.88. The monoisotopic (exact) mass is 332 g/mol. The summed E-state index contributed by atoms with van der Waals surface area (Å²) in [5.41, 5.74) is 3.67. The highest BCUT2D eigenvalue weighted by atomic mass is 16.2. The smallest absolute Gasteiger partial charge is 0.234 e. The normalized spacial score (nSPS) is 31.0. The maximum Gasteiger partial charge on any atom is 0.234 e. The molecule has 2 saturated heterocycles. The molecule has 4 atom stereocenters. The van der Waals surface area contributed by atoms with Gasteiger partial charge in [-0.05, 0) is 23.1 Å². The lowest BCUT2D eigenvalue weighted by Gasteiger charge is -2.37. The van der Waals surface area contributed by atoms with Crippen molar-refractivity contribution in [3.8, 4) is 0 Å². The third-order valence-electron chi connectivity index (χ3n) is 6.17. The molecule has 2 fully saturated rings. The Morgan fingerprint density at radius 3 is 2.24 bits per heavy atom. The first-order chi connectivity index (χ1) is 12.2. The van der Waals surface area contributed by atoms with Gasteiger partial charge in [0, 0.05) is 25.7 Å². The zero-order valence-corrected chi connectivity index (χ0v) is 14.1. The molecule has 0 saturated carbocycles. The summed E-state index contributed by atoms with van der Waals surface area (Å²) >= 11 is 0. The number of fused-ring (bicyclic) bond motifs is 5. The molecule has 4 nitrogen and oxygen atoms in total. The maximum absolute atomic E-state index is 12.9. The Morgan fingerprint density at radius 1 is 0.840 bits per heavy atom. The van der Waals surface area contributed by atoms with Crippen molar-refractivity contribution < 1.29 is 9.59 Å². The van der Waals surface area contributed by atoms with Crippen molar-refractivity contribution in [1.82, 2.24) is 9.80 Å². The van der Waals surface area contributed by atoms with Crippen molar-refractivity contribution in [2.75, 3.05) is 13.6 Å². The molecule has 2 aromatic rings. The number of amides is 2. The van der Waals surface area contributed by atoms with E-state index in [1.165, 1.54) is 16.0 Å². The summed E-state index contributed by atoms with van der Waals surface area (Å²) in [5, 5.41) is 0. The fourth-order valence-corrected chi connectivity index (χ4v) is 5.11. The number of likely N-dealkylation sites (tertiary alicyclic amines) is 1. The quantitative estimate of drug-likeness (QED) is 0.754. The molecule has 3 heterocycles. The van der Waals surface area contributed by atoms with Gasteiger partial charge in [-0.2, -0.15) is 0 Å². The molecule has 2 amide bonds. The standard InChI is InChI=1S/C21H20N2O2/c1-22-20(24)16-17(21(22)25)19-15-10-6-5-7-13(15)11-12-23(19)18(16)14-8-3-2-4-9-14/h2-10,16-19H,11-12H2,1H3/t16-,17+,18-,19-/m0/s1. The second-order valence-electron chi connectivity index (χ2n) is 7.27. The van der Waals surface area contributed by atoms with Crippen molar-refractivity contribution in [3.63, 3.8) is 0 Å². The lowest BCUT2D eigenvalue weighted by Crippen LogP contribution is -2.39. The van der Waals surface area contributed by atoms with Gasteiger partial charge in [-0.25, -0.2) is 0 Å². The molecule has 0 bridgehead atoms. The van der Waals surface area contributed by atoms with Gasteiger partial charge in [-0.3, -0.25) is 19.4 Å². The van der Waals surface area contributed by atoms with Crippen LogP contribution in [0.25, 0.3) is 0 Å². The Kier molecular flexibility index (Phi) is 3.13. The van der Waals surface area contributed by atoms with E-state index in [1.807, 2.05) is 24.3 Å². The molecule has 3 aliphatic rings. The number of rotatable bonds is 1. The van der Waals surface area contributed by atoms with E-state index in [0.717, 1.165) is 18.5 Å². The van der Waals surface area contributed by atoms with Gasteiger partial charge < -0.3 is 0 Å². The molecule has 0 spiro atoms. The first kappa shape index (κ1) is 14.8. The predicted octanol–water partition coefficient (Wildman–Crippen LogP) is 2.57. The van der Waals surface area contributed by atoms with Crippen LogP contribution in [0.4, 0.5) is 0 Å². The van der Waals surface area contributed by atoms with Crippen LogP contribution < -0.4 is 0 Å². The summed E-state index contributed by atoms with van der Waals surface area (Å²) in [4.78, 5) is 29.6. The highest BCUT2D eigenvalue weighted by Gasteiger charge is 2.62. The molecule has 3 aliphatic heterocycles. The van der Waals surface area contributed by atoms with Crippen LogP contribution in [0, 0.1) is 11.8 Å². The predicted molar refractivity (Wildman–Crippen MR) is 93.5 cm³/mol. The fraction of sp³-hybridized carbons (Fsp3) is 0.333. The van der Waals surface area contributed by atoms with Crippen molar-refractivity contribution in [1.29, 1.82) is 0 Å². The van der Waals surface area contributed by atoms with E-state index in [4.69, 9.17) is 0 Å². The Hall–Kier alpha value is -2.46. The average Bonchev–Trinajstić information content (AvgIpc) is 3.11. The zero-order chi connectivity index (χ0) is 17.1. The van der Waals surface area contributed by atoms with Crippen LogP contribution in [0.1, 0.15) is 28.8 Å². The van der Waals surface area contributed by atoms with Crippen LogP contribution in [-0.2, 0) is 16.0 Å².